The van der Waals surface area contributed by atoms with Gasteiger partial charge in [0.05, 0.1) is 53.4 Å². The molecule has 0 aromatic heterocycles. The van der Waals surface area contributed by atoms with Crippen LogP contribution in [0.4, 0.5) is 0 Å². The maximum absolute atomic E-state index is 11.7. The van der Waals surface area contributed by atoms with Gasteiger partial charge >= 0.3 is 0 Å². The Bertz CT molecular complexity index is 1410. The van der Waals surface area contributed by atoms with Gasteiger partial charge in [-0.2, -0.15) is 0 Å². The van der Waals surface area contributed by atoms with E-state index in [0.717, 1.165) is 33.2 Å². The first-order chi connectivity index (χ1) is 19.7. The Morgan fingerprint density at radius 2 is 0.905 bits per heavy atom. The molecule has 3 aromatic carbocycles. The lowest BCUT2D eigenvalue weighted by Gasteiger charge is -2.24. The van der Waals surface area contributed by atoms with E-state index < -0.39 is 0 Å². The quantitative estimate of drug-likeness (QED) is 0.196. The van der Waals surface area contributed by atoms with E-state index in [-0.39, 0.29) is 11.6 Å². The van der Waals surface area contributed by atoms with Gasteiger partial charge in [0, 0.05) is 34.4 Å². The monoisotopic (exact) mass is 566 g/mol. The third-order valence-corrected chi connectivity index (χ3v) is 6.39. The highest BCUT2D eigenvalue weighted by Crippen LogP contribution is 2.29. The van der Waals surface area contributed by atoms with Crippen LogP contribution in [0.2, 0.25) is 0 Å². The molecule has 3 aromatic rings. The Balaban J connectivity index is 2.05. The maximum atomic E-state index is 11.7. The third kappa shape index (κ3) is 10.6. The van der Waals surface area contributed by atoms with Gasteiger partial charge in [-0.05, 0) is 38.1 Å². The van der Waals surface area contributed by atoms with Crippen molar-refractivity contribution in [1.82, 2.24) is 0 Å². The van der Waals surface area contributed by atoms with E-state index in [1.165, 1.54) is 0 Å². The molecule has 0 amide bonds. The maximum Gasteiger partial charge on any atom is 0.159 e. The SMILES string of the molecule is CC(=O)c1ccc(C#Cc2cc(OCC[N+](C)(C)C)c(C#Cc3ccc(C(C)=O)cc3)cc2OCC[N+](C)(C)C)cc1. The van der Waals surface area contributed by atoms with Crippen molar-refractivity contribution in [3.05, 3.63) is 94.0 Å². The molecule has 218 valence electrons. The minimum atomic E-state index is 0.0182. The van der Waals surface area contributed by atoms with Crippen molar-refractivity contribution in [2.75, 3.05) is 68.6 Å². The van der Waals surface area contributed by atoms with Crippen LogP contribution in [-0.2, 0) is 0 Å². The van der Waals surface area contributed by atoms with E-state index >= 15 is 0 Å². The van der Waals surface area contributed by atoms with Crippen LogP contribution in [-0.4, -0.2) is 89.1 Å². The van der Waals surface area contributed by atoms with Gasteiger partial charge < -0.3 is 18.4 Å². The van der Waals surface area contributed by atoms with Crippen molar-refractivity contribution in [3.63, 3.8) is 0 Å². The molecule has 0 bridgehead atoms. The van der Waals surface area contributed by atoms with Gasteiger partial charge in [-0.1, -0.05) is 47.9 Å². The summed E-state index contributed by atoms with van der Waals surface area (Å²) in [4.78, 5) is 23.3. The molecule has 42 heavy (non-hydrogen) atoms. The van der Waals surface area contributed by atoms with Crippen LogP contribution in [0.25, 0.3) is 0 Å². The number of quaternary nitrogens is 2. The molecule has 0 aliphatic rings. The predicted octanol–water partition coefficient (Wildman–Crippen LogP) is 5.06. The van der Waals surface area contributed by atoms with E-state index in [2.05, 4.69) is 66.0 Å². The Labute approximate surface area is 251 Å². The largest absolute Gasteiger partial charge is 0.486 e. The molecule has 0 aliphatic heterocycles. The third-order valence-electron chi connectivity index (χ3n) is 6.39. The molecule has 0 fully saturated rings. The summed E-state index contributed by atoms with van der Waals surface area (Å²) in [5, 5.41) is 0. The molecule has 0 spiro atoms. The van der Waals surface area contributed by atoms with Crippen LogP contribution in [0.1, 0.15) is 56.8 Å². The number of Topliss-reactive ketones (excluding diaryl/α,β-unsaturated/α-hetero) is 2. The first-order valence-corrected chi connectivity index (χ1v) is 14.0. The number of ketones is 2. The second-order valence-corrected chi connectivity index (χ2v) is 12.3. The number of hydrogen-bond donors (Lipinski definition) is 0. The minimum absolute atomic E-state index is 0.0182. The second-order valence-electron chi connectivity index (χ2n) is 12.3. The zero-order valence-electron chi connectivity index (χ0n) is 26.1. The molecule has 0 aliphatic carbocycles. The van der Waals surface area contributed by atoms with Crippen LogP contribution in [0.5, 0.6) is 11.5 Å². The Hall–Kier alpha value is -4.36. The van der Waals surface area contributed by atoms with Crippen LogP contribution >= 0.6 is 0 Å². The minimum Gasteiger partial charge on any atom is -0.486 e. The Morgan fingerprint density at radius 1 is 0.571 bits per heavy atom. The lowest BCUT2D eigenvalue weighted by Crippen LogP contribution is -2.38. The second kappa shape index (κ2) is 14.0. The van der Waals surface area contributed by atoms with Gasteiger partial charge in [0.1, 0.15) is 37.8 Å². The summed E-state index contributed by atoms with van der Waals surface area (Å²) in [6, 6.07) is 18.3. The fraction of sp³-hybridized carbons (Fsp3) is 0.333. The van der Waals surface area contributed by atoms with Crippen molar-refractivity contribution < 1.29 is 28.0 Å². The summed E-state index contributed by atoms with van der Waals surface area (Å²) in [6.07, 6.45) is 0. The average Bonchev–Trinajstić information content (AvgIpc) is 2.90. The lowest BCUT2D eigenvalue weighted by molar-refractivity contribution is -0.870. The highest BCUT2D eigenvalue weighted by Gasteiger charge is 2.15. The molecule has 6 nitrogen and oxygen atoms in total. The number of rotatable bonds is 10. The average molecular weight is 567 g/mol. The number of carbonyl (C=O) groups excluding carboxylic acids is 2. The van der Waals surface area contributed by atoms with E-state index in [9.17, 15) is 9.59 Å². The van der Waals surface area contributed by atoms with Crippen molar-refractivity contribution in [2.45, 2.75) is 13.8 Å². The van der Waals surface area contributed by atoms with Crippen LogP contribution < -0.4 is 9.47 Å². The molecule has 0 N–H and O–H groups in total. The number of carbonyl (C=O) groups is 2. The van der Waals surface area contributed by atoms with E-state index in [1.807, 2.05) is 36.4 Å². The summed E-state index contributed by atoms with van der Waals surface area (Å²) in [5.41, 5.74) is 4.28. The molecule has 0 radical (unpaired) electrons. The number of nitrogens with zero attached hydrogens (tertiary/aromatic N) is 2. The summed E-state index contributed by atoms with van der Waals surface area (Å²) >= 11 is 0. The summed E-state index contributed by atoms with van der Waals surface area (Å²) < 4.78 is 14.1. The summed E-state index contributed by atoms with van der Waals surface area (Å²) in [5.74, 6) is 14.2. The van der Waals surface area contributed by atoms with E-state index in [1.54, 1.807) is 38.1 Å². The molecule has 0 unspecified atom stereocenters. The van der Waals surface area contributed by atoms with Gasteiger partial charge in [0.25, 0.3) is 0 Å². The molecule has 0 atom stereocenters. The zero-order valence-corrected chi connectivity index (χ0v) is 26.1. The first kappa shape index (κ1) is 32.2. The molecule has 0 heterocycles. The van der Waals surface area contributed by atoms with Crippen LogP contribution in [0.15, 0.2) is 60.7 Å². The topological polar surface area (TPSA) is 52.6 Å². The first-order valence-electron chi connectivity index (χ1n) is 14.0. The number of hydrogen-bond acceptors (Lipinski definition) is 4. The normalized spacial score (nSPS) is 11.0. The molecular formula is C36H42N2O4+2. The highest BCUT2D eigenvalue weighted by molar-refractivity contribution is 5.94. The van der Waals surface area contributed by atoms with Gasteiger partial charge in [0.15, 0.2) is 11.6 Å². The zero-order chi connectivity index (χ0) is 30.9. The summed E-state index contributed by atoms with van der Waals surface area (Å²) in [6.45, 7) is 5.73. The van der Waals surface area contributed by atoms with Crippen molar-refractivity contribution in [2.24, 2.45) is 0 Å². The lowest BCUT2D eigenvalue weighted by atomic mass is 10.1. The summed E-state index contributed by atoms with van der Waals surface area (Å²) in [7, 11) is 12.7. The molecule has 0 saturated carbocycles. The van der Waals surface area contributed by atoms with Crippen molar-refractivity contribution in [1.29, 1.82) is 0 Å². The predicted molar refractivity (Wildman–Crippen MR) is 168 cm³/mol. The molecule has 6 heteroatoms. The Kier molecular flexibility index (Phi) is 10.7. The molecule has 3 rings (SSSR count). The van der Waals surface area contributed by atoms with Crippen molar-refractivity contribution >= 4 is 11.6 Å². The highest BCUT2D eigenvalue weighted by atomic mass is 16.5. The molecular weight excluding hydrogens is 524 g/mol. The number of likely N-dealkylation sites (N-methyl/N-ethyl adjacent to an activating group) is 2. The van der Waals surface area contributed by atoms with E-state index in [0.29, 0.717) is 47.0 Å². The number of ether oxygens (including phenoxy) is 2. The smallest absolute Gasteiger partial charge is 0.159 e. The number of benzene rings is 3. The van der Waals surface area contributed by atoms with Crippen molar-refractivity contribution in [3.8, 4) is 35.2 Å². The van der Waals surface area contributed by atoms with Gasteiger partial charge in [-0.15, -0.1) is 0 Å². The van der Waals surface area contributed by atoms with Crippen LogP contribution in [0.3, 0.4) is 0 Å². The Morgan fingerprint density at radius 3 is 1.19 bits per heavy atom. The van der Waals surface area contributed by atoms with Gasteiger partial charge in [-0.25, -0.2) is 0 Å². The van der Waals surface area contributed by atoms with Crippen LogP contribution in [0, 0.1) is 23.7 Å². The standard InChI is InChI=1S/C36H42N2O4/c1-27(39)31-15-9-29(10-16-31)13-19-33-25-36(42-24-22-38(6,7)8)34(26-35(33)41-23-21-37(3,4)5)20-14-30-11-17-32(18-12-30)28(2)40/h9-12,15-18,25-26H,21-24H2,1-8H3/q+2. The molecule has 0 saturated heterocycles. The van der Waals surface area contributed by atoms with E-state index in [4.69, 9.17) is 9.47 Å². The van der Waals surface area contributed by atoms with Gasteiger partial charge in [0.2, 0.25) is 0 Å². The van der Waals surface area contributed by atoms with Gasteiger partial charge in [-0.3, -0.25) is 9.59 Å². The fourth-order valence-corrected chi connectivity index (χ4v) is 3.71. The fourth-order valence-electron chi connectivity index (χ4n) is 3.71.